The van der Waals surface area contributed by atoms with E-state index in [9.17, 15) is 9.50 Å². The Morgan fingerprint density at radius 1 is 1.41 bits per heavy atom. The predicted molar refractivity (Wildman–Crippen MR) is 66.6 cm³/mol. The molecule has 0 aliphatic heterocycles. The maximum Gasteiger partial charge on any atom is 0.130 e. The minimum Gasteiger partial charge on any atom is -0.387 e. The van der Waals surface area contributed by atoms with E-state index in [1.54, 1.807) is 6.07 Å². The van der Waals surface area contributed by atoms with Gasteiger partial charge >= 0.3 is 0 Å². The lowest BCUT2D eigenvalue weighted by Gasteiger charge is -2.17. The lowest BCUT2D eigenvalue weighted by atomic mass is 10.1. The number of aliphatic hydroxyl groups is 1. The van der Waals surface area contributed by atoms with E-state index in [0.717, 1.165) is 12.8 Å². The minimum atomic E-state index is -0.885. The number of rotatable bonds is 4. The Kier molecular flexibility index (Phi) is 4.37. The number of nitrogens with one attached hydrogen (secondary N) is 1. The van der Waals surface area contributed by atoms with E-state index in [1.165, 1.54) is 25.0 Å². The zero-order valence-electron chi connectivity index (χ0n) is 9.63. The fraction of sp³-hybridized carbons (Fsp3) is 0.538. The first-order chi connectivity index (χ1) is 8.18. The van der Waals surface area contributed by atoms with E-state index in [4.69, 9.17) is 11.6 Å². The number of halogens is 2. The lowest BCUT2D eigenvalue weighted by molar-refractivity contribution is 0.165. The molecule has 0 heterocycles. The molecule has 94 valence electrons. The Balaban J connectivity index is 1.96. The first kappa shape index (κ1) is 12.8. The largest absolute Gasteiger partial charge is 0.387 e. The summed E-state index contributed by atoms with van der Waals surface area (Å²) in [5, 5.41) is 13.5. The number of aliphatic hydroxyl groups excluding tert-OH is 1. The maximum atomic E-state index is 13.5. The van der Waals surface area contributed by atoms with Gasteiger partial charge in [-0.2, -0.15) is 0 Å². The van der Waals surface area contributed by atoms with Crippen molar-refractivity contribution in [2.75, 3.05) is 6.54 Å². The Hall–Kier alpha value is -0.640. The third kappa shape index (κ3) is 3.18. The van der Waals surface area contributed by atoms with Gasteiger partial charge in [-0.25, -0.2) is 4.39 Å². The summed E-state index contributed by atoms with van der Waals surface area (Å²) in [4.78, 5) is 0. The van der Waals surface area contributed by atoms with Crippen LogP contribution in [0.4, 0.5) is 4.39 Å². The van der Waals surface area contributed by atoms with Crippen LogP contribution in [0.2, 0.25) is 5.02 Å². The Bertz CT molecular complexity index is 359. The number of hydrogen-bond donors (Lipinski definition) is 2. The second kappa shape index (κ2) is 5.80. The topological polar surface area (TPSA) is 32.3 Å². The molecule has 1 aromatic carbocycles. The summed E-state index contributed by atoms with van der Waals surface area (Å²) in [5.41, 5.74) is 0.194. The van der Waals surface area contributed by atoms with Gasteiger partial charge in [0.1, 0.15) is 5.82 Å². The minimum absolute atomic E-state index is 0.194. The molecule has 0 spiro atoms. The van der Waals surface area contributed by atoms with E-state index < -0.39 is 11.9 Å². The normalized spacial score (nSPS) is 18.5. The molecule has 0 amide bonds. The highest BCUT2D eigenvalue weighted by Gasteiger charge is 2.19. The molecular weight excluding hydrogens is 241 g/mol. The molecule has 1 saturated carbocycles. The van der Waals surface area contributed by atoms with Gasteiger partial charge in [-0.3, -0.25) is 0 Å². The van der Waals surface area contributed by atoms with E-state index in [-0.39, 0.29) is 10.6 Å². The average Bonchev–Trinajstić information content (AvgIpc) is 2.79. The fourth-order valence-electron chi connectivity index (χ4n) is 2.34. The molecule has 2 N–H and O–H groups in total. The second-order valence-corrected chi connectivity index (χ2v) is 4.95. The highest BCUT2D eigenvalue weighted by molar-refractivity contribution is 6.31. The average molecular weight is 258 g/mol. The van der Waals surface area contributed by atoms with E-state index in [1.807, 2.05) is 0 Å². The first-order valence-corrected chi connectivity index (χ1v) is 6.41. The van der Waals surface area contributed by atoms with Gasteiger partial charge in [0, 0.05) is 23.2 Å². The predicted octanol–water partition coefficient (Wildman–Crippen LogP) is 3.04. The van der Waals surface area contributed by atoms with Crippen LogP contribution in [0, 0.1) is 5.82 Å². The van der Waals surface area contributed by atoms with Crippen molar-refractivity contribution in [1.29, 1.82) is 0 Å². The van der Waals surface area contributed by atoms with Crippen molar-refractivity contribution < 1.29 is 9.50 Å². The number of benzene rings is 1. The zero-order valence-corrected chi connectivity index (χ0v) is 10.4. The van der Waals surface area contributed by atoms with Crippen LogP contribution in [0.1, 0.15) is 37.4 Å². The third-order valence-electron chi connectivity index (χ3n) is 3.29. The molecule has 1 atom stereocenters. The van der Waals surface area contributed by atoms with Gasteiger partial charge in [0.2, 0.25) is 0 Å². The molecule has 1 fully saturated rings. The molecule has 0 aromatic heterocycles. The van der Waals surface area contributed by atoms with Crippen molar-refractivity contribution in [3.63, 3.8) is 0 Å². The van der Waals surface area contributed by atoms with E-state index >= 15 is 0 Å². The molecule has 1 aliphatic rings. The molecule has 2 nitrogen and oxygen atoms in total. The van der Waals surface area contributed by atoms with E-state index in [2.05, 4.69) is 5.32 Å². The van der Waals surface area contributed by atoms with Gasteiger partial charge in [0.25, 0.3) is 0 Å². The first-order valence-electron chi connectivity index (χ1n) is 6.04. The van der Waals surface area contributed by atoms with Gasteiger partial charge in [-0.05, 0) is 25.0 Å². The van der Waals surface area contributed by atoms with Crippen LogP contribution >= 0.6 is 11.6 Å². The molecule has 4 heteroatoms. The van der Waals surface area contributed by atoms with Gasteiger partial charge in [0.05, 0.1) is 6.10 Å². The van der Waals surface area contributed by atoms with Crippen molar-refractivity contribution in [2.24, 2.45) is 0 Å². The summed E-state index contributed by atoms with van der Waals surface area (Å²) < 4.78 is 13.5. The van der Waals surface area contributed by atoms with Crippen LogP contribution in [0.3, 0.4) is 0 Å². The third-order valence-corrected chi connectivity index (χ3v) is 3.62. The molecule has 17 heavy (non-hydrogen) atoms. The highest BCUT2D eigenvalue weighted by Crippen LogP contribution is 2.26. The van der Waals surface area contributed by atoms with Crippen molar-refractivity contribution >= 4 is 11.6 Å². The fourth-order valence-corrected chi connectivity index (χ4v) is 2.63. The zero-order chi connectivity index (χ0) is 12.3. The molecule has 0 saturated heterocycles. The molecule has 1 aliphatic carbocycles. The van der Waals surface area contributed by atoms with Crippen molar-refractivity contribution in [2.45, 2.75) is 37.8 Å². The number of hydrogen-bond acceptors (Lipinski definition) is 2. The summed E-state index contributed by atoms with van der Waals surface area (Å²) in [7, 11) is 0. The van der Waals surface area contributed by atoms with Crippen LogP contribution in [-0.2, 0) is 0 Å². The Morgan fingerprint density at radius 2 is 2.12 bits per heavy atom. The van der Waals surface area contributed by atoms with Gasteiger partial charge in [-0.15, -0.1) is 0 Å². The van der Waals surface area contributed by atoms with E-state index in [0.29, 0.717) is 12.6 Å². The molecule has 1 unspecified atom stereocenters. The summed E-state index contributed by atoms with van der Waals surface area (Å²) in [6, 6.07) is 4.91. The Morgan fingerprint density at radius 3 is 2.76 bits per heavy atom. The van der Waals surface area contributed by atoms with Gasteiger partial charge in [0.15, 0.2) is 0 Å². The van der Waals surface area contributed by atoms with Crippen LogP contribution < -0.4 is 5.32 Å². The van der Waals surface area contributed by atoms with Crippen molar-refractivity contribution in [3.8, 4) is 0 Å². The SMILES string of the molecule is OC(CNC1CCCC1)c1c(F)cccc1Cl. The van der Waals surface area contributed by atoms with Gasteiger partial charge in [-0.1, -0.05) is 30.5 Å². The second-order valence-electron chi connectivity index (χ2n) is 4.54. The highest BCUT2D eigenvalue weighted by atomic mass is 35.5. The summed E-state index contributed by atoms with van der Waals surface area (Å²) in [6.07, 6.45) is 3.85. The summed E-state index contributed by atoms with van der Waals surface area (Å²) in [5.74, 6) is -0.446. The molecule has 0 bridgehead atoms. The standard InChI is InChI=1S/C13H17ClFNO/c14-10-6-3-7-11(15)13(10)12(17)8-16-9-4-1-2-5-9/h3,6-7,9,12,16-17H,1-2,4-5,8H2. The van der Waals surface area contributed by atoms with Crippen LogP contribution in [0.15, 0.2) is 18.2 Å². The monoisotopic (exact) mass is 257 g/mol. The Labute approximate surface area is 106 Å². The van der Waals surface area contributed by atoms with Crippen LogP contribution in [0.25, 0.3) is 0 Å². The lowest BCUT2D eigenvalue weighted by Crippen LogP contribution is -2.30. The molecular formula is C13H17ClFNO. The van der Waals surface area contributed by atoms with Crippen molar-refractivity contribution in [3.05, 3.63) is 34.6 Å². The maximum absolute atomic E-state index is 13.5. The summed E-state index contributed by atoms with van der Waals surface area (Å²) in [6.45, 7) is 0.353. The van der Waals surface area contributed by atoms with Crippen molar-refractivity contribution in [1.82, 2.24) is 5.32 Å². The van der Waals surface area contributed by atoms with Crippen LogP contribution in [-0.4, -0.2) is 17.7 Å². The smallest absolute Gasteiger partial charge is 0.130 e. The summed E-state index contributed by atoms with van der Waals surface area (Å²) >= 11 is 5.89. The molecule has 0 radical (unpaired) electrons. The molecule has 1 aromatic rings. The van der Waals surface area contributed by atoms with Gasteiger partial charge < -0.3 is 10.4 Å². The quantitative estimate of drug-likeness (QED) is 0.869. The van der Waals surface area contributed by atoms with Crippen LogP contribution in [0.5, 0.6) is 0 Å². The molecule has 2 rings (SSSR count).